The van der Waals surface area contributed by atoms with Gasteiger partial charge in [0, 0.05) is 41.1 Å². The summed E-state index contributed by atoms with van der Waals surface area (Å²) in [5.41, 5.74) is 3.59. The lowest BCUT2D eigenvalue weighted by Crippen LogP contribution is -2.30. The van der Waals surface area contributed by atoms with Crippen LogP contribution < -0.4 is 0 Å². The Kier molecular flexibility index (Phi) is 5.25. The highest BCUT2D eigenvalue weighted by atomic mass is 19.3. The SMILES string of the molecule is [2H]C([2H])([2H])c1nnn(C)c1-c1cnc2c3ccc(C(C)(C)O)cc3n([C@H](c3ccccc3)C3CCC(F)(F)CC3)c2c1. The van der Waals surface area contributed by atoms with Gasteiger partial charge in [-0.25, -0.2) is 13.5 Å². The first-order valence-corrected chi connectivity index (χ1v) is 13.2. The fraction of sp³-hybridized carbons (Fsp3) is 0.387. The van der Waals surface area contributed by atoms with Crippen molar-refractivity contribution in [3.05, 3.63) is 77.6 Å². The molecule has 6 rings (SSSR count). The van der Waals surface area contributed by atoms with Gasteiger partial charge < -0.3 is 9.67 Å². The van der Waals surface area contributed by atoms with Gasteiger partial charge in [-0.05, 0) is 62.7 Å². The third-order valence-corrected chi connectivity index (χ3v) is 8.07. The fourth-order valence-electron chi connectivity index (χ4n) is 6.06. The first kappa shape index (κ1) is 22.2. The van der Waals surface area contributed by atoms with E-state index in [0.717, 1.165) is 22.0 Å². The maximum Gasteiger partial charge on any atom is 0.248 e. The number of fused-ring (bicyclic) bond motifs is 3. The molecule has 1 aliphatic rings. The van der Waals surface area contributed by atoms with Crippen molar-refractivity contribution in [3.63, 3.8) is 0 Å². The Labute approximate surface area is 230 Å². The van der Waals surface area contributed by atoms with Crippen LogP contribution >= 0.6 is 0 Å². The van der Waals surface area contributed by atoms with Crippen molar-refractivity contribution in [3.8, 4) is 11.3 Å². The van der Waals surface area contributed by atoms with E-state index in [0.29, 0.717) is 35.2 Å². The molecule has 0 bridgehead atoms. The molecule has 0 aliphatic heterocycles. The number of hydrogen-bond acceptors (Lipinski definition) is 4. The third-order valence-electron chi connectivity index (χ3n) is 8.07. The van der Waals surface area contributed by atoms with Crippen LogP contribution in [0.5, 0.6) is 0 Å². The van der Waals surface area contributed by atoms with E-state index in [2.05, 4.69) is 14.9 Å². The maximum atomic E-state index is 14.4. The van der Waals surface area contributed by atoms with Crippen LogP contribution in [-0.4, -0.2) is 35.6 Å². The Morgan fingerprint density at radius 1 is 1.08 bits per heavy atom. The molecule has 39 heavy (non-hydrogen) atoms. The van der Waals surface area contributed by atoms with Crippen LogP contribution in [-0.2, 0) is 12.6 Å². The van der Waals surface area contributed by atoms with Crippen LogP contribution in [0, 0.1) is 12.8 Å². The van der Waals surface area contributed by atoms with E-state index < -0.39 is 18.4 Å². The van der Waals surface area contributed by atoms with Crippen LogP contribution in [0.3, 0.4) is 0 Å². The molecule has 0 spiro atoms. The number of rotatable bonds is 5. The predicted octanol–water partition coefficient (Wildman–Crippen LogP) is 6.94. The molecule has 0 radical (unpaired) electrons. The zero-order chi connectivity index (χ0) is 30.0. The van der Waals surface area contributed by atoms with Gasteiger partial charge in [0.1, 0.15) is 0 Å². The average Bonchev–Trinajstić information content (AvgIpc) is 3.47. The normalized spacial score (nSPS) is 18.7. The first-order chi connectivity index (χ1) is 19.7. The van der Waals surface area contributed by atoms with E-state index >= 15 is 0 Å². The predicted molar refractivity (Wildman–Crippen MR) is 149 cm³/mol. The van der Waals surface area contributed by atoms with E-state index in [9.17, 15) is 13.9 Å². The summed E-state index contributed by atoms with van der Waals surface area (Å²) in [6.07, 6.45) is 1.96. The van der Waals surface area contributed by atoms with Gasteiger partial charge >= 0.3 is 0 Å². The summed E-state index contributed by atoms with van der Waals surface area (Å²) in [6.45, 7) is 0.967. The van der Waals surface area contributed by atoms with Crippen molar-refractivity contribution >= 4 is 21.9 Å². The number of hydrogen-bond donors (Lipinski definition) is 1. The molecule has 1 atom stereocenters. The van der Waals surface area contributed by atoms with E-state index in [-0.39, 0.29) is 30.5 Å². The Balaban J connectivity index is 1.67. The molecule has 1 fully saturated rings. The summed E-state index contributed by atoms with van der Waals surface area (Å²) in [6, 6.07) is 17.2. The highest BCUT2D eigenvalue weighted by Gasteiger charge is 2.39. The molecule has 0 amide bonds. The summed E-state index contributed by atoms with van der Waals surface area (Å²) in [4.78, 5) is 4.83. The van der Waals surface area contributed by atoms with Crippen LogP contribution in [0.25, 0.3) is 33.2 Å². The first-order valence-electron chi connectivity index (χ1n) is 14.7. The Bertz CT molecular complexity index is 1760. The zero-order valence-corrected chi connectivity index (χ0v) is 22.2. The third kappa shape index (κ3) is 4.50. The molecule has 3 heterocycles. The van der Waals surface area contributed by atoms with Crippen molar-refractivity contribution in [1.82, 2.24) is 24.5 Å². The summed E-state index contributed by atoms with van der Waals surface area (Å²) in [5.74, 6) is -2.77. The van der Waals surface area contributed by atoms with Gasteiger partial charge in [0.2, 0.25) is 5.92 Å². The van der Waals surface area contributed by atoms with Gasteiger partial charge in [0.25, 0.3) is 0 Å². The second-order valence-corrected chi connectivity index (χ2v) is 11.2. The summed E-state index contributed by atoms with van der Waals surface area (Å²) >= 11 is 0. The van der Waals surface area contributed by atoms with Gasteiger partial charge in [-0.2, -0.15) is 0 Å². The van der Waals surface area contributed by atoms with Crippen LogP contribution in [0.1, 0.15) is 66.5 Å². The zero-order valence-electron chi connectivity index (χ0n) is 25.2. The monoisotopic (exact) mass is 532 g/mol. The van der Waals surface area contributed by atoms with Gasteiger partial charge in [0.15, 0.2) is 0 Å². The quantitative estimate of drug-likeness (QED) is 0.266. The molecule has 6 nitrogen and oxygen atoms in total. The number of nitrogens with zero attached hydrogens (tertiary/aromatic N) is 5. The van der Waals surface area contributed by atoms with E-state index in [1.165, 1.54) is 4.68 Å². The van der Waals surface area contributed by atoms with Crippen molar-refractivity contribution in [2.45, 2.75) is 63.9 Å². The fourth-order valence-corrected chi connectivity index (χ4v) is 6.06. The minimum atomic E-state index is -2.68. The van der Waals surface area contributed by atoms with E-state index in [1.807, 2.05) is 54.6 Å². The smallest absolute Gasteiger partial charge is 0.248 e. The van der Waals surface area contributed by atoms with Crippen molar-refractivity contribution in [1.29, 1.82) is 0 Å². The van der Waals surface area contributed by atoms with Crippen LogP contribution in [0.2, 0.25) is 0 Å². The van der Waals surface area contributed by atoms with Gasteiger partial charge in [0.05, 0.1) is 39.6 Å². The largest absolute Gasteiger partial charge is 0.386 e. The molecule has 1 saturated carbocycles. The molecule has 5 aromatic rings. The average molecular weight is 533 g/mol. The number of aryl methyl sites for hydroxylation is 2. The lowest BCUT2D eigenvalue weighted by atomic mass is 9.79. The second kappa shape index (κ2) is 9.23. The molecular weight excluding hydrogens is 496 g/mol. The minimum Gasteiger partial charge on any atom is -0.386 e. The maximum absolute atomic E-state index is 14.4. The lowest BCUT2D eigenvalue weighted by Gasteiger charge is -2.36. The minimum absolute atomic E-state index is 0.0865. The summed E-state index contributed by atoms with van der Waals surface area (Å²) < 4.78 is 56.3. The topological polar surface area (TPSA) is 68.8 Å². The molecule has 0 saturated heterocycles. The Hall–Kier alpha value is -3.65. The van der Waals surface area contributed by atoms with Gasteiger partial charge in [-0.1, -0.05) is 47.7 Å². The van der Waals surface area contributed by atoms with Gasteiger partial charge in [-0.3, -0.25) is 4.98 Å². The molecule has 1 aliphatic carbocycles. The molecule has 1 N–H and O–H groups in total. The Morgan fingerprint density at radius 2 is 1.82 bits per heavy atom. The van der Waals surface area contributed by atoms with Crippen molar-refractivity contribution in [2.24, 2.45) is 13.0 Å². The second-order valence-electron chi connectivity index (χ2n) is 11.2. The van der Waals surface area contributed by atoms with Crippen LogP contribution in [0.15, 0.2) is 60.8 Å². The molecule has 202 valence electrons. The molecule has 2 aromatic carbocycles. The Morgan fingerprint density at radius 3 is 2.51 bits per heavy atom. The lowest BCUT2D eigenvalue weighted by molar-refractivity contribution is -0.0493. The van der Waals surface area contributed by atoms with Crippen LogP contribution in [0.4, 0.5) is 8.78 Å². The summed E-state index contributed by atoms with van der Waals surface area (Å²) in [5, 5.41) is 19.7. The molecule has 8 heteroatoms. The number of pyridine rings is 1. The van der Waals surface area contributed by atoms with E-state index in [1.54, 1.807) is 27.1 Å². The molecule has 0 unspecified atom stereocenters. The highest BCUT2D eigenvalue weighted by molar-refractivity contribution is 6.07. The van der Waals surface area contributed by atoms with Crippen molar-refractivity contribution in [2.75, 3.05) is 0 Å². The molecular formula is C31H33F2N5O. The number of halogens is 2. The highest BCUT2D eigenvalue weighted by Crippen LogP contribution is 2.46. The number of aromatic nitrogens is 5. The van der Waals surface area contributed by atoms with Gasteiger partial charge in [-0.15, -0.1) is 5.10 Å². The molecule has 3 aromatic heterocycles. The summed E-state index contributed by atoms with van der Waals surface area (Å²) in [7, 11) is 1.64. The number of aliphatic hydroxyl groups is 1. The standard InChI is InChI=1S/C31H33F2N5O/c1-19-28(37(4)36-35-19)22-16-26-27(34-18-22)24-11-10-23(30(2,3)39)17-25(24)38(26)29(20-8-6-5-7-9-20)21-12-14-31(32,33)15-13-21/h5-11,16-18,21,29,39H,12-15H2,1-4H3/t29-/m1/s1/i1D3. The number of alkyl halides is 2. The number of benzene rings is 2. The van der Waals surface area contributed by atoms with E-state index in [4.69, 9.17) is 9.10 Å². The van der Waals surface area contributed by atoms with Crippen molar-refractivity contribution < 1.29 is 18.0 Å².